The summed E-state index contributed by atoms with van der Waals surface area (Å²) in [5.41, 5.74) is 0.180. The van der Waals surface area contributed by atoms with Crippen molar-refractivity contribution in [3.05, 3.63) is 64.1 Å². The number of rotatable bonds is 8. The fourth-order valence-corrected chi connectivity index (χ4v) is 5.10. The fourth-order valence-electron chi connectivity index (χ4n) is 4.70. The molecular weight excluding hydrogens is 479 g/mol. The van der Waals surface area contributed by atoms with E-state index in [1.54, 1.807) is 30.9 Å². The van der Waals surface area contributed by atoms with Gasteiger partial charge >= 0.3 is 5.69 Å². The van der Waals surface area contributed by atoms with Gasteiger partial charge < -0.3 is 10.1 Å². The number of thioether (sulfide) groups is 1. The van der Waals surface area contributed by atoms with Crippen LogP contribution in [0.3, 0.4) is 0 Å². The van der Waals surface area contributed by atoms with E-state index in [2.05, 4.69) is 10.4 Å². The number of anilines is 1. The van der Waals surface area contributed by atoms with Gasteiger partial charge in [-0.05, 0) is 62.3 Å². The average Bonchev–Trinajstić information content (AvgIpc) is 3.18. The van der Waals surface area contributed by atoms with Crippen LogP contribution in [0.15, 0.2) is 46.1 Å². The van der Waals surface area contributed by atoms with E-state index >= 15 is 4.39 Å². The van der Waals surface area contributed by atoms with Crippen LogP contribution in [-0.4, -0.2) is 32.6 Å². The molecule has 7 nitrogen and oxygen atoms in total. The van der Waals surface area contributed by atoms with Gasteiger partial charge in [-0.1, -0.05) is 26.2 Å². The molecule has 9 heteroatoms. The Hall–Kier alpha value is -3.07. The second-order valence-electron chi connectivity index (χ2n) is 9.23. The lowest BCUT2D eigenvalue weighted by molar-refractivity contribution is 0.0997. The molecule has 192 valence electrons. The van der Waals surface area contributed by atoms with Crippen LogP contribution in [0.1, 0.15) is 62.1 Å². The van der Waals surface area contributed by atoms with Gasteiger partial charge in [0.15, 0.2) is 0 Å². The van der Waals surface area contributed by atoms with Crippen molar-refractivity contribution in [2.24, 2.45) is 13.0 Å². The number of hydrogen-bond donors (Lipinski definition) is 1. The van der Waals surface area contributed by atoms with Crippen molar-refractivity contribution >= 4 is 23.4 Å². The number of nitrogens with one attached hydrogen (secondary N) is 1. The molecular formula is C27H33FN4O3S. The van der Waals surface area contributed by atoms with Crippen LogP contribution < -0.4 is 15.7 Å². The number of carbonyl (C=O) groups excluding carboxylic acids is 1. The summed E-state index contributed by atoms with van der Waals surface area (Å²) in [6, 6.07) is 9.99. The predicted molar refractivity (Wildman–Crippen MR) is 141 cm³/mol. The van der Waals surface area contributed by atoms with Crippen molar-refractivity contribution < 1.29 is 13.9 Å². The molecule has 3 aromatic rings. The average molecular weight is 513 g/mol. The van der Waals surface area contributed by atoms with Crippen molar-refractivity contribution in [3.63, 3.8) is 0 Å². The molecule has 0 unspecified atom stereocenters. The molecule has 0 aliphatic heterocycles. The summed E-state index contributed by atoms with van der Waals surface area (Å²) < 4.78 is 24.1. The maximum atomic E-state index is 15.4. The summed E-state index contributed by atoms with van der Waals surface area (Å²) in [4.78, 5) is 27.1. The molecule has 0 saturated heterocycles. The Labute approximate surface area is 215 Å². The fraction of sp³-hybridized carbons (Fsp3) is 0.444. The van der Waals surface area contributed by atoms with E-state index in [1.807, 2.05) is 32.2 Å². The zero-order valence-corrected chi connectivity index (χ0v) is 22.0. The number of amides is 1. The van der Waals surface area contributed by atoms with Crippen LogP contribution in [-0.2, 0) is 13.5 Å². The second-order valence-corrected chi connectivity index (χ2v) is 10.1. The van der Waals surface area contributed by atoms with Gasteiger partial charge in [0.05, 0.1) is 11.7 Å². The lowest BCUT2D eigenvalue weighted by Crippen LogP contribution is -2.27. The Bertz CT molecular complexity index is 1280. The van der Waals surface area contributed by atoms with Crippen LogP contribution in [0.25, 0.3) is 5.69 Å². The highest BCUT2D eigenvalue weighted by molar-refractivity contribution is 7.98. The molecule has 1 aromatic heterocycles. The molecule has 1 fully saturated rings. The van der Waals surface area contributed by atoms with Crippen molar-refractivity contribution in [1.82, 2.24) is 14.3 Å². The molecule has 0 bridgehead atoms. The number of benzene rings is 2. The van der Waals surface area contributed by atoms with Gasteiger partial charge in [0.1, 0.15) is 23.1 Å². The topological polar surface area (TPSA) is 78.2 Å². The first-order valence-electron chi connectivity index (χ1n) is 12.4. The zero-order valence-electron chi connectivity index (χ0n) is 21.2. The molecule has 1 atom stereocenters. The molecule has 1 aliphatic carbocycles. The van der Waals surface area contributed by atoms with Crippen LogP contribution >= 0.6 is 11.8 Å². The molecule has 36 heavy (non-hydrogen) atoms. The van der Waals surface area contributed by atoms with Crippen molar-refractivity contribution in [2.75, 3.05) is 11.6 Å². The van der Waals surface area contributed by atoms with E-state index in [1.165, 1.54) is 17.1 Å². The van der Waals surface area contributed by atoms with Crippen LogP contribution in [0.4, 0.5) is 10.1 Å². The molecule has 4 rings (SSSR count). The molecule has 0 spiro atoms. The third-order valence-corrected chi connectivity index (χ3v) is 7.63. The Morgan fingerprint density at radius 3 is 2.53 bits per heavy atom. The second kappa shape index (κ2) is 11.3. The number of aromatic nitrogens is 3. The smallest absolute Gasteiger partial charge is 0.350 e. The van der Waals surface area contributed by atoms with E-state index in [4.69, 9.17) is 4.74 Å². The number of aryl methyl sites for hydroxylation is 1. The molecule has 1 saturated carbocycles. The van der Waals surface area contributed by atoms with Gasteiger partial charge in [-0.25, -0.2) is 9.18 Å². The maximum Gasteiger partial charge on any atom is 0.350 e. The van der Waals surface area contributed by atoms with Gasteiger partial charge in [-0.15, -0.1) is 16.9 Å². The van der Waals surface area contributed by atoms with Gasteiger partial charge in [0, 0.05) is 30.1 Å². The van der Waals surface area contributed by atoms with Gasteiger partial charge in [0.2, 0.25) is 0 Å². The number of ether oxygens (including phenoxy) is 1. The highest BCUT2D eigenvalue weighted by Crippen LogP contribution is 2.32. The summed E-state index contributed by atoms with van der Waals surface area (Å²) in [7, 11) is 1.61. The minimum Gasteiger partial charge on any atom is -0.490 e. The highest BCUT2D eigenvalue weighted by Gasteiger charge is 2.26. The Kier molecular flexibility index (Phi) is 8.18. The quantitative estimate of drug-likeness (QED) is 0.398. The zero-order chi connectivity index (χ0) is 25.8. The van der Waals surface area contributed by atoms with E-state index in [0.29, 0.717) is 23.9 Å². The molecule has 1 amide bonds. The van der Waals surface area contributed by atoms with Crippen molar-refractivity contribution in [1.29, 1.82) is 0 Å². The molecule has 1 N–H and O–H groups in total. The monoisotopic (exact) mass is 512 g/mol. The minimum absolute atomic E-state index is 0.0398. The van der Waals surface area contributed by atoms with E-state index in [0.717, 1.165) is 41.3 Å². The lowest BCUT2D eigenvalue weighted by Gasteiger charge is -2.29. The summed E-state index contributed by atoms with van der Waals surface area (Å²) in [6.07, 6.45) is 7.96. The van der Waals surface area contributed by atoms with Crippen molar-refractivity contribution in [2.45, 2.75) is 63.4 Å². The normalized spacial score (nSPS) is 15.0. The number of carbonyl (C=O) groups is 1. The first-order chi connectivity index (χ1) is 17.3. The third-order valence-electron chi connectivity index (χ3n) is 6.88. The molecule has 1 heterocycles. The summed E-state index contributed by atoms with van der Waals surface area (Å²) in [5.74, 6) is -0.0815. The van der Waals surface area contributed by atoms with Gasteiger partial charge in [-0.2, -0.15) is 4.68 Å². The van der Waals surface area contributed by atoms with Crippen LogP contribution in [0, 0.1) is 11.7 Å². The van der Waals surface area contributed by atoms with Crippen LogP contribution in [0.2, 0.25) is 0 Å². The number of hydrogen-bond acceptors (Lipinski definition) is 5. The largest absolute Gasteiger partial charge is 0.490 e. The Morgan fingerprint density at radius 1 is 1.22 bits per heavy atom. The predicted octanol–water partition coefficient (Wildman–Crippen LogP) is 5.59. The SMILES string of the molecule is CCc1nn(-c2cc(O[C@@H](C)C3CCCCC3)c(C(=O)Nc3ccc(SC)cc3)cc2F)c(=O)n1C. The summed E-state index contributed by atoms with van der Waals surface area (Å²) >= 11 is 1.60. The highest BCUT2D eigenvalue weighted by atomic mass is 32.2. The molecule has 0 radical (unpaired) electrons. The summed E-state index contributed by atoms with van der Waals surface area (Å²) in [6.45, 7) is 3.87. The van der Waals surface area contributed by atoms with Crippen molar-refractivity contribution in [3.8, 4) is 11.4 Å². The molecule has 1 aliphatic rings. The number of halogens is 1. The summed E-state index contributed by atoms with van der Waals surface area (Å²) in [5, 5.41) is 7.14. The Balaban J connectivity index is 1.72. The minimum atomic E-state index is -0.724. The number of nitrogens with zero attached hydrogens (tertiary/aromatic N) is 3. The first kappa shape index (κ1) is 26.0. The Morgan fingerprint density at radius 2 is 1.92 bits per heavy atom. The molecule has 2 aromatic carbocycles. The van der Waals surface area contributed by atoms with Gasteiger partial charge in [0.25, 0.3) is 5.91 Å². The van der Waals surface area contributed by atoms with Gasteiger partial charge in [-0.3, -0.25) is 9.36 Å². The van der Waals surface area contributed by atoms with E-state index in [-0.39, 0.29) is 23.1 Å². The lowest BCUT2D eigenvalue weighted by atomic mass is 9.86. The van der Waals surface area contributed by atoms with Crippen LogP contribution in [0.5, 0.6) is 5.75 Å². The standard InChI is InChI=1S/C27H33FN4O3S/c1-5-25-30-32(27(34)31(25)3)23-16-24(35-17(2)18-9-7-6-8-10-18)21(15-22(23)28)26(33)29-19-11-13-20(36-4)14-12-19/h11-18H,5-10H2,1-4H3,(H,29,33)/t17-/m0/s1. The van der Waals surface area contributed by atoms with E-state index in [9.17, 15) is 9.59 Å². The van der Waals surface area contributed by atoms with E-state index < -0.39 is 17.4 Å². The maximum absolute atomic E-state index is 15.4. The third kappa shape index (κ3) is 5.51. The first-order valence-corrected chi connectivity index (χ1v) is 13.7.